The van der Waals surface area contributed by atoms with E-state index in [1.807, 2.05) is 31.7 Å². The molecule has 0 aliphatic rings. The van der Waals surface area contributed by atoms with Crippen molar-refractivity contribution in [2.24, 2.45) is 0 Å². The minimum Gasteiger partial charge on any atom is -0.378 e. The van der Waals surface area contributed by atoms with E-state index in [2.05, 4.69) is 39.5 Å². The third kappa shape index (κ3) is 2.96. The zero-order valence-corrected chi connectivity index (χ0v) is 13.5. The van der Waals surface area contributed by atoms with Crippen molar-refractivity contribution in [3.05, 3.63) is 52.5 Å². The Morgan fingerprint density at radius 1 is 1.14 bits per heavy atom. The highest BCUT2D eigenvalue weighted by Gasteiger charge is 2.08. The van der Waals surface area contributed by atoms with E-state index >= 15 is 0 Å². The fourth-order valence-corrected chi connectivity index (χ4v) is 3.08. The molecule has 0 aliphatic heterocycles. The van der Waals surface area contributed by atoms with Crippen LogP contribution in [0.3, 0.4) is 0 Å². The van der Waals surface area contributed by atoms with Crippen molar-refractivity contribution in [1.82, 2.24) is 4.98 Å². The summed E-state index contributed by atoms with van der Waals surface area (Å²) in [5.74, 6) is 0. The van der Waals surface area contributed by atoms with Gasteiger partial charge in [-0.3, -0.25) is 0 Å². The average molecular weight is 318 g/mol. The topological polar surface area (TPSA) is 28.2 Å². The van der Waals surface area contributed by atoms with Gasteiger partial charge in [0.1, 0.15) is 5.52 Å². The Kier molecular flexibility index (Phi) is 3.99. The van der Waals surface area contributed by atoms with Gasteiger partial charge < -0.3 is 10.2 Å². The fraction of sp³-hybridized carbons (Fsp3) is 0.188. The molecule has 5 heteroatoms. The summed E-state index contributed by atoms with van der Waals surface area (Å²) in [4.78, 5) is 6.48. The number of aromatic nitrogens is 1. The van der Waals surface area contributed by atoms with Crippen LogP contribution in [0.1, 0.15) is 5.56 Å². The molecule has 0 bridgehead atoms. The minimum absolute atomic E-state index is 0.707. The maximum absolute atomic E-state index is 6.29. The molecule has 1 heterocycles. The maximum Gasteiger partial charge on any atom is 0.106 e. The molecule has 0 radical (unpaired) electrons. The fourth-order valence-electron chi connectivity index (χ4n) is 2.18. The molecule has 0 fully saturated rings. The van der Waals surface area contributed by atoms with Gasteiger partial charge in [-0.25, -0.2) is 4.98 Å². The molecule has 1 aromatic heterocycles. The number of rotatable bonds is 4. The average Bonchev–Trinajstić information content (AvgIpc) is 2.95. The van der Waals surface area contributed by atoms with Crippen LogP contribution in [0.2, 0.25) is 5.02 Å². The molecule has 0 atom stereocenters. The number of anilines is 2. The van der Waals surface area contributed by atoms with Crippen molar-refractivity contribution in [3.63, 3.8) is 0 Å². The van der Waals surface area contributed by atoms with Crippen molar-refractivity contribution in [1.29, 1.82) is 0 Å². The van der Waals surface area contributed by atoms with E-state index in [0.29, 0.717) is 5.02 Å². The van der Waals surface area contributed by atoms with Crippen LogP contribution in [-0.4, -0.2) is 19.1 Å². The van der Waals surface area contributed by atoms with E-state index < -0.39 is 0 Å². The van der Waals surface area contributed by atoms with Crippen LogP contribution in [0.5, 0.6) is 0 Å². The van der Waals surface area contributed by atoms with Gasteiger partial charge in [0.15, 0.2) is 0 Å². The van der Waals surface area contributed by atoms with Crippen LogP contribution in [0.4, 0.5) is 11.4 Å². The lowest BCUT2D eigenvalue weighted by molar-refractivity contribution is 1.11. The maximum atomic E-state index is 6.29. The molecule has 3 aromatic rings. The van der Waals surface area contributed by atoms with Crippen LogP contribution in [0.15, 0.2) is 41.9 Å². The van der Waals surface area contributed by atoms with Gasteiger partial charge in [-0.2, -0.15) is 0 Å². The molecule has 0 unspecified atom stereocenters. The van der Waals surface area contributed by atoms with Crippen LogP contribution >= 0.6 is 22.9 Å². The number of nitrogens with one attached hydrogen (secondary N) is 1. The van der Waals surface area contributed by atoms with E-state index in [1.165, 1.54) is 11.3 Å². The molecule has 0 aliphatic carbocycles. The molecule has 0 saturated carbocycles. The van der Waals surface area contributed by atoms with Gasteiger partial charge in [0.25, 0.3) is 0 Å². The van der Waals surface area contributed by atoms with Crippen molar-refractivity contribution >= 4 is 44.5 Å². The lowest BCUT2D eigenvalue weighted by Crippen LogP contribution is -2.08. The van der Waals surface area contributed by atoms with Gasteiger partial charge in [-0.15, -0.1) is 11.3 Å². The van der Waals surface area contributed by atoms with Crippen molar-refractivity contribution < 1.29 is 0 Å². The van der Waals surface area contributed by atoms with Crippen molar-refractivity contribution in [2.45, 2.75) is 6.54 Å². The van der Waals surface area contributed by atoms with E-state index in [1.54, 1.807) is 11.3 Å². The Morgan fingerprint density at radius 3 is 2.62 bits per heavy atom. The number of halogens is 1. The molecule has 0 amide bonds. The van der Waals surface area contributed by atoms with Crippen LogP contribution < -0.4 is 10.2 Å². The third-order valence-electron chi connectivity index (χ3n) is 3.37. The smallest absolute Gasteiger partial charge is 0.106 e. The summed E-state index contributed by atoms with van der Waals surface area (Å²) < 4.78 is 1.14. The first-order chi connectivity index (χ1) is 10.1. The van der Waals surface area contributed by atoms with Gasteiger partial charge in [-0.1, -0.05) is 23.7 Å². The first kappa shape index (κ1) is 14.2. The Hall–Kier alpha value is -1.78. The van der Waals surface area contributed by atoms with Gasteiger partial charge in [0.05, 0.1) is 20.9 Å². The molecular weight excluding hydrogens is 302 g/mol. The highest BCUT2D eigenvalue weighted by atomic mass is 35.5. The zero-order valence-electron chi connectivity index (χ0n) is 11.9. The summed E-state index contributed by atoms with van der Waals surface area (Å²) in [6.07, 6.45) is 0. The zero-order chi connectivity index (χ0) is 14.8. The first-order valence-electron chi connectivity index (χ1n) is 6.67. The Labute approximate surface area is 133 Å². The van der Waals surface area contributed by atoms with Crippen molar-refractivity contribution in [3.8, 4) is 0 Å². The summed E-state index contributed by atoms with van der Waals surface area (Å²) in [6.45, 7) is 0.726. The molecule has 3 rings (SSSR count). The van der Waals surface area contributed by atoms with E-state index in [4.69, 9.17) is 11.6 Å². The Bertz CT molecular complexity index is 750. The number of thiazole rings is 1. The Morgan fingerprint density at radius 2 is 1.90 bits per heavy atom. The quantitative estimate of drug-likeness (QED) is 0.760. The largest absolute Gasteiger partial charge is 0.378 e. The summed E-state index contributed by atoms with van der Waals surface area (Å²) in [5.41, 5.74) is 6.10. The van der Waals surface area contributed by atoms with Gasteiger partial charge >= 0.3 is 0 Å². The van der Waals surface area contributed by atoms with Gasteiger partial charge in [-0.05, 0) is 29.8 Å². The molecule has 0 spiro atoms. The highest BCUT2D eigenvalue weighted by molar-refractivity contribution is 7.16. The normalized spacial score (nSPS) is 10.8. The summed E-state index contributed by atoms with van der Waals surface area (Å²) >= 11 is 7.91. The summed E-state index contributed by atoms with van der Waals surface area (Å²) in [6, 6.07) is 12.4. The molecule has 3 nitrogen and oxygen atoms in total. The predicted molar refractivity (Wildman–Crippen MR) is 92.7 cm³/mol. The SMILES string of the molecule is CN(C)c1ccc(CNc2c(Cl)ccc3scnc23)cc1. The van der Waals surface area contributed by atoms with Gasteiger partial charge in [0, 0.05) is 26.3 Å². The van der Waals surface area contributed by atoms with Gasteiger partial charge in [0.2, 0.25) is 0 Å². The van der Waals surface area contributed by atoms with E-state index in [0.717, 1.165) is 22.4 Å². The standard InChI is InChI=1S/C16H16ClN3S/c1-20(2)12-5-3-11(4-6-12)9-18-15-13(17)7-8-14-16(15)19-10-21-14/h3-8,10,18H,9H2,1-2H3. The number of hydrogen-bond acceptors (Lipinski definition) is 4. The first-order valence-corrected chi connectivity index (χ1v) is 7.93. The predicted octanol–water partition coefficient (Wildman–Crippen LogP) is 4.63. The minimum atomic E-state index is 0.707. The van der Waals surface area contributed by atoms with Crippen LogP contribution in [0, 0.1) is 0 Å². The lowest BCUT2D eigenvalue weighted by atomic mass is 10.2. The number of hydrogen-bond donors (Lipinski definition) is 1. The molecule has 2 aromatic carbocycles. The molecule has 1 N–H and O–H groups in total. The van der Waals surface area contributed by atoms with Crippen molar-refractivity contribution in [2.75, 3.05) is 24.3 Å². The highest BCUT2D eigenvalue weighted by Crippen LogP contribution is 2.32. The second-order valence-electron chi connectivity index (χ2n) is 5.04. The number of fused-ring (bicyclic) bond motifs is 1. The molecule has 21 heavy (non-hydrogen) atoms. The third-order valence-corrected chi connectivity index (χ3v) is 4.48. The summed E-state index contributed by atoms with van der Waals surface area (Å²) in [7, 11) is 4.08. The lowest BCUT2D eigenvalue weighted by Gasteiger charge is -2.13. The number of nitrogens with zero attached hydrogens (tertiary/aromatic N) is 2. The second-order valence-corrected chi connectivity index (χ2v) is 6.33. The Balaban J connectivity index is 1.80. The number of benzene rings is 2. The van der Waals surface area contributed by atoms with Crippen LogP contribution in [0.25, 0.3) is 10.2 Å². The molecule has 0 saturated heterocycles. The molecular formula is C16H16ClN3S. The van der Waals surface area contributed by atoms with Crippen LogP contribution in [-0.2, 0) is 6.54 Å². The second kappa shape index (κ2) is 5.92. The monoisotopic (exact) mass is 317 g/mol. The summed E-state index contributed by atoms with van der Waals surface area (Å²) in [5, 5.41) is 4.11. The van der Waals surface area contributed by atoms with E-state index in [9.17, 15) is 0 Å². The molecule has 108 valence electrons. The van der Waals surface area contributed by atoms with E-state index in [-0.39, 0.29) is 0 Å².